The molecule has 0 unspecified atom stereocenters. The summed E-state index contributed by atoms with van der Waals surface area (Å²) in [6, 6.07) is 2.05. The van der Waals surface area contributed by atoms with Gasteiger partial charge >= 0.3 is 0 Å². The molecule has 0 spiro atoms. The Morgan fingerprint density at radius 1 is 1.58 bits per heavy atom. The van der Waals surface area contributed by atoms with Gasteiger partial charge in [0, 0.05) is 17.6 Å². The Morgan fingerprint density at radius 3 is 3.08 bits per heavy atom. The predicted molar refractivity (Wildman–Crippen MR) is 56.0 cm³/mol. The lowest BCUT2D eigenvalue weighted by molar-refractivity contribution is 0.743. The van der Waals surface area contributed by atoms with Crippen molar-refractivity contribution >= 4 is 33.1 Å². The van der Waals surface area contributed by atoms with Crippen LogP contribution < -0.4 is 5.32 Å². The number of hydrogen-bond donors (Lipinski definition) is 1. The topological polar surface area (TPSA) is 24.4 Å². The van der Waals surface area contributed by atoms with Gasteiger partial charge in [-0.2, -0.15) is 0 Å². The second kappa shape index (κ2) is 3.58. The first-order chi connectivity index (χ1) is 5.88. The average molecular weight is 245 g/mol. The average Bonchev–Trinajstić information content (AvgIpc) is 2.53. The molecule has 12 heavy (non-hydrogen) atoms. The normalized spacial score (nSPS) is 16.9. The summed E-state index contributed by atoms with van der Waals surface area (Å²) in [4.78, 5) is 5.64. The van der Waals surface area contributed by atoms with E-state index in [9.17, 15) is 0 Å². The fourth-order valence-corrected chi connectivity index (χ4v) is 2.69. The molecule has 1 aliphatic rings. The summed E-state index contributed by atoms with van der Waals surface area (Å²) in [6.45, 7) is 2.00. The molecule has 64 valence electrons. The standard InChI is InChI=1S/C8H9BrN2S/c9-6-2-5-12-7(6)8-10-3-1-4-11-8/h2,5H,1,3-4H2,(H,10,11). The minimum atomic E-state index is 0.951. The Bertz CT molecular complexity index is 306. The van der Waals surface area contributed by atoms with Gasteiger partial charge in [-0.05, 0) is 33.8 Å². The van der Waals surface area contributed by atoms with Crippen LogP contribution in [0.25, 0.3) is 0 Å². The molecule has 1 aromatic heterocycles. The first-order valence-corrected chi connectivity index (χ1v) is 5.57. The van der Waals surface area contributed by atoms with Crippen molar-refractivity contribution in [3.63, 3.8) is 0 Å². The van der Waals surface area contributed by atoms with Crippen molar-refractivity contribution in [2.45, 2.75) is 6.42 Å². The van der Waals surface area contributed by atoms with Crippen molar-refractivity contribution in [3.8, 4) is 0 Å². The van der Waals surface area contributed by atoms with Crippen molar-refractivity contribution in [1.29, 1.82) is 0 Å². The number of rotatable bonds is 1. The second-order valence-electron chi connectivity index (χ2n) is 2.61. The Hall–Kier alpha value is -0.350. The number of nitrogens with zero attached hydrogens (tertiary/aromatic N) is 1. The summed E-state index contributed by atoms with van der Waals surface area (Å²) >= 11 is 5.21. The summed E-state index contributed by atoms with van der Waals surface area (Å²) in [5.74, 6) is 1.04. The predicted octanol–water partition coefficient (Wildman–Crippen LogP) is 2.25. The highest BCUT2D eigenvalue weighted by molar-refractivity contribution is 9.10. The highest BCUT2D eigenvalue weighted by atomic mass is 79.9. The van der Waals surface area contributed by atoms with Crippen LogP contribution in [-0.2, 0) is 0 Å². The molecule has 1 aliphatic heterocycles. The molecular weight excluding hydrogens is 236 g/mol. The molecule has 0 aliphatic carbocycles. The molecule has 0 bridgehead atoms. The Kier molecular flexibility index (Phi) is 2.46. The number of nitrogens with one attached hydrogen (secondary N) is 1. The number of aliphatic imine (C=N–C) groups is 1. The molecule has 1 aromatic rings. The van der Waals surface area contributed by atoms with Crippen LogP contribution in [-0.4, -0.2) is 18.9 Å². The molecule has 0 aromatic carbocycles. The Morgan fingerprint density at radius 2 is 2.50 bits per heavy atom. The van der Waals surface area contributed by atoms with Crippen LogP contribution in [0.15, 0.2) is 20.9 Å². The third-order valence-electron chi connectivity index (χ3n) is 1.73. The first-order valence-electron chi connectivity index (χ1n) is 3.89. The summed E-state index contributed by atoms with van der Waals surface area (Å²) in [7, 11) is 0. The van der Waals surface area contributed by atoms with Crippen LogP contribution >= 0.6 is 27.3 Å². The fraction of sp³-hybridized carbons (Fsp3) is 0.375. The van der Waals surface area contributed by atoms with Gasteiger partial charge < -0.3 is 5.32 Å². The van der Waals surface area contributed by atoms with E-state index in [-0.39, 0.29) is 0 Å². The van der Waals surface area contributed by atoms with Crippen LogP contribution in [0, 0.1) is 0 Å². The van der Waals surface area contributed by atoms with Crippen molar-refractivity contribution in [1.82, 2.24) is 5.32 Å². The molecular formula is C8H9BrN2S. The van der Waals surface area contributed by atoms with Crippen molar-refractivity contribution in [2.24, 2.45) is 4.99 Å². The van der Waals surface area contributed by atoms with Crippen LogP contribution in [0.5, 0.6) is 0 Å². The van der Waals surface area contributed by atoms with Crippen LogP contribution in [0.4, 0.5) is 0 Å². The maximum Gasteiger partial charge on any atom is 0.139 e. The largest absolute Gasteiger partial charge is 0.369 e. The third-order valence-corrected chi connectivity index (χ3v) is 3.57. The maximum atomic E-state index is 4.42. The molecule has 0 atom stereocenters. The van der Waals surface area contributed by atoms with Gasteiger partial charge in [-0.15, -0.1) is 11.3 Å². The molecule has 2 rings (SSSR count). The van der Waals surface area contributed by atoms with E-state index in [0.717, 1.165) is 29.8 Å². The van der Waals surface area contributed by atoms with E-state index in [1.165, 1.54) is 4.88 Å². The Labute approximate surface area is 83.8 Å². The van der Waals surface area contributed by atoms with E-state index in [4.69, 9.17) is 0 Å². The summed E-state index contributed by atoms with van der Waals surface area (Å²) in [5, 5.41) is 5.36. The molecule has 0 fully saturated rings. The second-order valence-corrected chi connectivity index (χ2v) is 4.38. The van der Waals surface area contributed by atoms with Crippen LogP contribution in [0.1, 0.15) is 11.3 Å². The molecule has 0 radical (unpaired) electrons. The monoisotopic (exact) mass is 244 g/mol. The summed E-state index contributed by atoms with van der Waals surface area (Å²) < 4.78 is 1.14. The fourth-order valence-electron chi connectivity index (χ4n) is 1.15. The number of halogens is 1. The minimum absolute atomic E-state index is 0.951. The molecule has 0 saturated carbocycles. The van der Waals surface area contributed by atoms with Gasteiger partial charge in [0.2, 0.25) is 0 Å². The van der Waals surface area contributed by atoms with Gasteiger partial charge in [-0.25, -0.2) is 0 Å². The van der Waals surface area contributed by atoms with E-state index >= 15 is 0 Å². The van der Waals surface area contributed by atoms with Crippen LogP contribution in [0.2, 0.25) is 0 Å². The molecule has 0 amide bonds. The number of thiophene rings is 1. The van der Waals surface area contributed by atoms with Crippen molar-refractivity contribution in [3.05, 3.63) is 20.8 Å². The van der Waals surface area contributed by atoms with Gasteiger partial charge in [-0.1, -0.05) is 0 Å². The van der Waals surface area contributed by atoms with Gasteiger partial charge in [0.25, 0.3) is 0 Å². The van der Waals surface area contributed by atoms with E-state index in [1.54, 1.807) is 11.3 Å². The number of amidine groups is 1. The molecule has 2 heterocycles. The van der Waals surface area contributed by atoms with E-state index in [0.29, 0.717) is 0 Å². The quantitative estimate of drug-likeness (QED) is 0.806. The van der Waals surface area contributed by atoms with Crippen LogP contribution in [0.3, 0.4) is 0 Å². The van der Waals surface area contributed by atoms with Gasteiger partial charge in [-0.3, -0.25) is 4.99 Å². The molecule has 0 saturated heterocycles. The molecule has 4 heteroatoms. The zero-order chi connectivity index (χ0) is 8.39. The van der Waals surface area contributed by atoms with Crippen molar-refractivity contribution in [2.75, 3.05) is 13.1 Å². The van der Waals surface area contributed by atoms with E-state index < -0.39 is 0 Å². The SMILES string of the molecule is Brc1ccsc1C1=NCCCN1. The molecule has 2 nitrogen and oxygen atoms in total. The Balaban J connectivity index is 2.29. The number of hydrogen-bond acceptors (Lipinski definition) is 3. The van der Waals surface area contributed by atoms with Gasteiger partial charge in [0.1, 0.15) is 5.84 Å². The summed E-state index contributed by atoms with van der Waals surface area (Å²) in [6.07, 6.45) is 1.15. The van der Waals surface area contributed by atoms with Gasteiger partial charge in [0.15, 0.2) is 0 Å². The third kappa shape index (κ3) is 1.54. The van der Waals surface area contributed by atoms with E-state index in [2.05, 4.69) is 37.7 Å². The smallest absolute Gasteiger partial charge is 0.139 e. The maximum absolute atomic E-state index is 4.42. The van der Waals surface area contributed by atoms with E-state index in [1.807, 2.05) is 0 Å². The zero-order valence-electron chi connectivity index (χ0n) is 6.51. The van der Waals surface area contributed by atoms with Crippen molar-refractivity contribution < 1.29 is 0 Å². The lowest BCUT2D eigenvalue weighted by Crippen LogP contribution is -2.29. The first kappa shape index (κ1) is 8.26. The lowest BCUT2D eigenvalue weighted by atomic mass is 10.3. The highest BCUT2D eigenvalue weighted by Crippen LogP contribution is 2.23. The zero-order valence-corrected chi connectivity index (χ0v) is 8.91. The highest BCUT2D eigenvalue weighted by Gasteiger charge is 2.10. The molecule has 1 N–H and O–H groups in total. The minimum Gasteiger partial charge on any atom is -0.369 e. The lowest BCUT2D eigenvalue weighted by Gasteiger charge is -2.13. The summed E-state index contributed by atoms with van der Waals surface area (Å²) in [5.41, 5.74) is 0. The van der Waals surface area contributed by atoms with Gasteiger partial charge in [0.05, 0.1) is 4.88 Å².